The molecule has 1 saturated heterocycles. The van der Waals surface area contributed by atoms with E-state index in [2.05, 4.69) is 67.3 Å². The van der Waals surface area contributed by atoms with Gasteiger partial charge < -0.3 is 10.2 Å². The molecule has 3 rings (SSSR count). The van der Waals surface area contributed by atoms with Gasteiger partial charge in [-0.25, -0.2) is 4.98 Å². The van der Waals surface area contributed by atoms with Crippen LogP contribution in [-0.4, -0.2) is 56.2 Å². The van der Waals surface area contributed by atoms with Gasteiger partial charge in [-0.05, 0) is 12.1 Å². The summed E-state index contributed by atoms with van der Waals surface area (Å²) in [7, 11) is 2.13. The van der Waals surface area contributed by atoms with E-state index >= 15 is 0 Å². The number of benzene rings is 1. The van der Waals surface area contributed by atoms with Gasteiger partial charge in [0.2, 0.25) is 0 Å². The highest BCUT2D eigenvalue weighted by Gasteiger charge is 2.12. The van der Waals surface area contributed by atoms with E-state index in [4.69, 9.17) is 0 Å². The van der Waals surface area contributed by atoms with E-state index in [1.54, 1.807) is 0 Å². The van der Waals surface area contributed by atoms with Gasteiger partial charge in [-0.1, -0.05) is 28.1 Å². The first-order valence-electron chi connectivity index (χ1n) is 7.43. The number of hydrogen-bond donors (Lipinski definition) is 1. The maximum atomic E-state index is 4.59. The molecule has 0 saturated carbocycles. The van der Waals surface area contributed by atoms with Crippen molar-refractivity contribution in [1.82, 2.24) is 15.2 Å². The maximum Gasteiger partial charge on any atom is 0.136 e. The fraction of sp³-hybridized carbons (Fsp3) is 0.438. The van der Waals surface area contributed by atoms with E-state index in [1.165, 1.54) is 10.8 Å². The van der Waals surface area contributed by atoms with Gasteiger partial charge in [0.1, 0.15) is 5.82 Å². The molecule has 2 heterocycles. The highest BCUT2D eigenvalue weighted by atomic mass is 79.9. The van der Waals surface area contributed by atoms with Crippen LogP contribution in [-0.2, 0) is 0 Å². The number of likely N-dealkylation sites (N-methyl/N-ethyl adjacent to an activating group) is 1. The van der Waals surface area contributed by atoms with E-state index in [-0.39, 0.29) is 0 Å². The first-order chi connectivity index (χ1) is 10.3. The van der Waals surface area contributed by atoms with Crippen molar-refractivity contribution < 1.29 is 0 Å². The van der Waals surface area contributed by atoms with Gasteiger partial charge in [0.15, 0.2) is 0 Å². The highest BCUT2D eigenvalue weighted by molar-refractivity contribution is 9.10. The molecular weight excluding hydrogens is 328 g/mol. The number of nitrogens with one attached hydrogen (secondary N) is 1. The third-order valence-electron chi connectivity index (χ3n) is 4.05. The van der Waals surface area contributed by atoms with Crippen LogP contribution < -0.4 is 10.2 Å². The molecule has 0 amide bonds. The molecule has 0 atom stereocenters. The highest BCUT2D eigenvalue weighted by Crippen LogP contribution is 2.29. The average molecular weight is 349 g/mol. The number of pyridine rings is 1. The Labute approximate surface area is 134 Å². The normalized spacial score (nSPS) is 16.3. The van der Waals surface area contributed by atoms with Crippen LogP contribution in [0.4, 0.5) is 5.82 Å². The van der Waals surface area contributed by atoms with Gasteiger partial charge in [-0.15, -0.1) is 0 Å². The van der Waals surface area contributed by atoms with Crippen molar-refractivity contribution in [3.8, 4) is 0 Å². The summed E-state index contributed by atoms with van der Waals surface area (Å²) in [6.45, 7) is 6.57. The fourth-order valence-corrected chi connectivity index (χ4v) is 3.29. The lowest BCUT2D eigenvalue weighted by atomic mass is 10.1. The van der Waals surface area contributed by atoms with Crippen LogP contribution in [0.3, 0.4) is 0 Å². The number of rotatable bonds is 4. The number of aromatic nitrogens is 1. The molecule has 0 aliphatic carbocycles. The number of fused-ring (bicyclic) bond motifs is 1. The summed E-state index contributed by atoms with van der Waals surface area (Å²) in [5.74, 6) is 1.06. The minimum absolute atomic E-state index is 0.999. The Bertz CT molecular complexity index is 610. The van der Waals surface area contributed by atoms with E-state index in [9.17, 15) is 0 Å². The number of piperazine rings is 1. The molecule has 4 nitrogen and oxygen atoms in total. The molecule has 1 aromatic carbocycles. The smallest absolute Gasteiger partial charge is 0.136 e. The molecule has 112 valence electrons. The predicted molar refractivity (Wildman–Crippen MR) is 92.0 cm³/mol. The Kier molecular flexibility index (Phi) is 4.73. The van der Waals surface area contributed by atoms with Crippen LogP contribution in [0.1, 0.15) is 0 Å². The summed E-state index contributed by atoms with van der Waals surface area (Å²) < 4.78 is 1.12. The summed E-state index contributed by atoms with van der Waals surface area (Å²) in [5, 5.41) is 5.81. The monoisotopic (exact) mass is 348 g/mol. The van der Waals surface area contributed by atoms with E-state index in [0.717, 1.165) is 49.6 Å². The second-order valence-electron chi connectivity index (χ2n) is 5.48. The molecule has 1 aliphatic rings. The quantitative estimate of drug-likeness (QED) is 0.918. The van der Waals surface area contributed by atoms with Crippen LogP contribution in [0.2, 0.25) is 0 Å². The number of anilines is 1. The maximum absolute atomic E-state index is 4.59. The summed E-state index contributed by atoms with van der Waals surface area (Å²) in [6, 6.07) is 8.35. The second kappa shape index (κ2) is 6.73. The van der Waals surface area contributed by atoms with Crippen molar-refractivity contribution in [2.24, 2.45) is 0 Å². The average Bonchev–Trinajstić information content (AvgIpc) is 2.53. The van der Waals surface area contributed by atoms with Crippen LogP contribution in [0.15, 0.2) is 34.9 Å². The molecule has 1 aromatic heterocycles. The van der Waals surface area contributed by atoms with Crippen molar-refractivity contribution >= 4 is 32.5 Å². The van der Waals surface area contributed by atoms with E-state index < -0.39 is 0 Å². The van der Waals surface area contributed by atoms with Crippen molar-refractivity contribution in [2.75, 3.05) is 51.2 Å². The van der Waals surface area contributed by atoms with Crippen molar-refractivity contribution in [2.45, 2.75) is 0 Å². The standard InChI is InChI=1S/C16H21BrN4/c1-20(11-12-21-9-7-18-8-10-21)16-14-3-2-4-15(17)13(14)5-6-19-16/h2-6,18H,7-12H2,1H3. The number of halogens is 1. The van der Waals surface area contributed by atoms with Gasteiger partial charge in [0.25, 0.3) is 0 Å². The summed E-state index contributed by atoms with van der Waals surface area (Å²) in [5.41, 5.74) is 0. The molecule has 1 N–H and O–H groups in total. The Morgan fingerprint density at radius 1 is 1.24 bits per heavy atom. The number of hydrogen-bond acceptors (Lipinski definition) is 4. The van der Waals surface area contributed by atoms with Gasteiger partial charge in [-0.2, -0.15) is 0 Å². The Hall–Kier alpha value is -1.17. The molecular formula is C16H21BrN4. The first-order valence-corrected chi connectivity index (χ1v) is 8.22. The molecule has 0 bridgehead atoms. The van der Waals surface area contributed by atoms with E-state index in [0.29, 0.717) is 0 Å². The van der Waals surface area contributed by atoms with Crippen LogP contribution in [0, 0.1) is 0 Å². The molecule has 0 radical (unpaired) electrons. The Morgan fingerprint density at radius 2 is 2.05 bits per heavy atom. The van der Waals surface area contributed by atoms with Crippen LogP contribution >= 0.6 is 15.9 Å². The molecule has 1 fully saturated rings. The summed E-state index contributed by atoms with van der Waals surface area (Å²) in [6.07, 6.45) is 1.89. The third-order valence-corrected chi connectivity index (χ3v) is 4.75. The van der Waals surface area contributed by atoms with Gasteiger partial charge in [0.05, 0.1) is 0 Å². The minimum Gasteiger partial charge on any atom is -0.358 e. The van der Waals surface area contributed by atoms with E-state index in [1.807, 2.05) is 6.20 Å². The minimum atomic E-state index is 0.999. The van der Waals surface area contributed by atoms with Crippen LogP contribution in [0.25, 0.3) is 10.8 Å². The van der Waals surface area contributed by atoms with Crippen LogP contribution in [0.5, 0.6) is 0 Å². The van der Waals surface area contributed by atoms with Gasteiger partial charge in [-0.3, -0.25) is 4.90 Å². The fourth-order valence-electron chi connectivity index (χ4n) is 2.79. The second-order valence-corrected chi connectivity index (χ2v) is 6.34. The predicted octanol–water partition coefficient (Wildman–Crippen LogP) is 2.34. The Morgan fingerprint density at radius 3 is 2.86 bits per heavy atom. The molecule has 5 heteroatoms. The summed E-state index contributed by atoms with van der Waals surface area (Å²) >= 11 is 3.62. The lowest BCUT2D eigenvalue weighted by molar-refractivity contribution is 0.246. The zero-order chi connectivity index (χ0) is 14.7. The SMILES string of the molecule is CN(CCN1CCNCC1)c1nccc2c(Br)cccc12. The van der Waals surface area contributed by atoms with Crippen molar-refractivity contribution in [3.63, 3.8) is 0 Å². The summed E-state index contributed by atoms with van der Waals surface area (Å²) in [4.78, 5) is 9.35. The van der Waals surface area contributed by atoms with Crippen molar-refractivity contribution in [3.05, 3.63) is 34.9 Å². The lowest BCUT2D eigenvalue weighted by Crippen LogP contribution is -2.46. The molecule has 2 aromatic rings. The van der Waals surface area contributed by atoms with Crippen molar-refractivity contribution in [1.29, 1.82) is 0 Å². The number of nitrogens with zero attached hydrogens (tertiary/aromatic N) is 3. The lowest BCUT2D eigenvalue weighted by Gasteiger charge is -2.29. The topological polar surface area (TPSA) is 31.4 Å². The molecule has 1 aliphatic heterocycles. The molecule has 21 heavy (non-hydrogen) atoms. The largest absolute Gasteiger partial charge is 0.358 e. The zero-order valence-electron chi connectivity index (χ0n) is 12.3. The van der Waals surface area contributed by atoms with Gasteiger partial charge in [0, 0.05) is 67.8 Å². The molecule has 0 spiro atoms. The molecule has 0 unspecified atom stereocenters. The first kappa shape index (κ1) is 14.8. The van der Waals surface area contributed by atoms with Gasteiger partial charge >= 0.3 is 0 Å². The Balaban J connectivity index is 1.75. The zero-order valence-corrected chi connectivity index (χ0v) is 13.9. The third kappa shape index (κ3) is 3.36.